The fourth-order valence-corrected chi connectivity index (χ4v) is 2.84. The van der Waals surface area contributed by atoms with Crippen molar-refractivity contribution in [2.75, 3.05) is 17.2 Å². The van der Waals surface area contributed by atoms with Crippen LogP contribution in [0.4, 0.5) is 11.4 Å². The third kappa shape index (κ3) is 4.85. The van der Waals surface area contributed by atoms with Crippen LogP contribution < -0.4 is 16.0 Å². The van der Waals surface area contributed by atoms with Gasteiger partial charge in [-0.3, -0.25) is 9.59 Å². The largest absolute Gasteiger partial charge is 0.376 e. The average Bonchev–Trinajstić information content (AvgIpc) is 2.66. The summed E-state index contributed by atoms with van der Waals surface area (Å²) in [6.07, 6.45) is 0. The van der Waals surface area contributed by atoms with E-state index >= 15 is 0 Å². The third-order valence-corrected chi connectivity index (χ3v) is 4.06. The number of amides is 2. The number of hydrogen-bond donors (Lipinski definition) is 3. The second-order valence-electron chi connectivity index (χ2n) is 6.64. The van der Waals surface area contributed by atoms with Crippen LogP contribution in [-0.2, 0) is 4.79 Å². The number of benzene rings is 3. The Bertz CT molecular complexity index is 961. The topological polar surface area (TPSA) is 70.2 Å². The van der Waals surface area contributed by atoms with Gasteiger partial charge in [0.2, 0.25) is 5.91 Å². The van der Waals surface area contributed by atoms with Crippen LogP contribution in [0, 0.1) is 0 Å². The smallest absolute Gasteiger partial charge is 0.251 e. The first-order chi connectivity index (χ1) is 13.0. The molecule has 2 amide bonds. The van der Waals surface area contributed by atoms with Crippen molar-refractivity contribution in [3.8, 4) is 0 Å². The summed E-state index contributed by atoms with van der Waals surface area (Å²) >= 11 is 0. The molecule has 3 aromatic carbocycles. The van der Waals surface area contributed by atoms with Gasteiger partial charge in [0.25, 0.3) is 5.91 Å². The quantitative estimate of drug-likeness (QED) is 0.621. The van der Waals surface area contributed by atoms with Crippen LogP contribution in [0.3, 0.4) is 0 Å². The van der Waals surface area contributed by atoms with Crippen LogP contribution in [0.5, 0.6) is 0 Å². The Morgan fingerprint density at radius 1 is 0.926 bits per heavy atom. The average molecular weight is 361 g/mol. The van der Waals surface area contributed by atoms with E-state index in [-0.39, 0.29) is 24.4 Å². The van der Waals surface area contributed by atoms with E-state index in [1.807, 2.05) is 56.3 Å². The van der Waals surface area contributed by atoms with Gasteiger partial charge in [-0.1, -0.05) is 42.5 Å². The van der Waals surface area contributed by atoms with E-state index in [9.17, 15) is 9.59 Å². The zero-order valence-corrected chi connectivity index (χ0v) is 15.5. The molecule has 0 heterocycles. The van der Waals surface area contributed by atoms with Crippen molar-refractivity contribution in [1.82, 2.24) is 5.32 Å². The lowest BCUT2D eigenvalue weighted by molar-refractivity contribution is -0.114. The van der Waals surface area contributed by atoms with Crippen molar-refractivity contribution in [1.29, 1.82) is 0 Å². The zero-order chi connectivity index (χ0) is 19.2. The molecule has 0 aliphatic heterocycles. The summed E-state index contributed by atoms with van der Waals surface area (Å²) < 4.78 is 0. The van der Waals surface area contributed by atoms with Crippen LogP contribution >= 0.6 is 0 Å². The number of carbonyl (C=O) groups excluding carboxylic acids is 2. The van der Waals surface area contributed by atoms with E-state index in [0.717, 1.165) is 16.5 Å². The number of rotatable bonds is 6. The maximum Gasteiger partial charge on any atom is 0.251 e. The van der Waals surface area contributed by atoms with E-state index in [0.29, 0.717) is 11.3 Å². The van der Waals surface area contributed by atoms with E-state index < -0.39 is 0 Å². The normalized spacial score (nSPS) is 10.6. The highest BCUT2D eigenvalue weighted by Crippen LogP contribution is 2.22. The molecule has 0 saturated heterocycles. The number of anilines is 2. The molecule has 3 aromatic rings. The van der Waals surface area contributed by atoms with E-state index in [4.69, 9.17) is 0 Å². The standard InChI is InChI=1S/C22H23N3O2/c1-15(2)24-22(27)17-9-5-10-18(13-17)25-21(26)14-23-20-12-6-8-16-7-3-4-11-19(16)20/h3-13,15,23H,14H2,1-2H3,(H,24,27)(H,25,26). The first-order valence-corrected chi connectivity index (χ1v) is 8.95. The van der Waals surface area contributed by atoms with Crippen molar-refractivity contribution in [3.05, 3.63) is 72.3 Å². The molecular weight excluding hydrogens is 338 g/mol. The molecule has 0 atom stereocenters. The second-order valence-corrected chi connectivity index (χ2v) is 6.64. The summed E-state index contributed by atoms with van der Waals surface area (Å²) in [6.45, 7) is 3.95. The zero-order valence-electron chi connectivity index (χ0n) is 15.5. The lowest BCUT2D eigenvalue weighted by atomic mass is 10.1. The third-order valence-electron chi connectivity index (χ3n) is 4.06. The summed E-state index contributed by atoms with van der Waals surface area (Å²) in [5.41, 5.74) is 2.02. The van der Waals surface area contributed by atoms with Gasteiger partial charge >= 0.3 is 0 Å². The molecule has 3 N–H and O–H groups in total. The molecular formula is C22H23N3O2. The molecule has 0 saturated carbocycles. The fourth-order valence-electron chi connectivity index (χ4n) is 2.84. The lowest BCUT2D eigenvalue weighted by Crippen LogP contribution is -2.30. The van der Waals surface area contributed by atoms with Gasteiger partial charge in [0, 0.05) is 28.4 Å². The molecule has 5 heteroatoms. The molecule has 0 bridgehead atoms. The predicted molar refractivity (Wildman–Crippen MR) is 110 cm³/mol. The van der Waals surface area contributed by atoms with Gasteiger partial charge in [0.15, 0.2) is 0 Å². The minimum Gasteiger partial charge on any atom is -0.376 e. The molecule has 0 aliphatic rings. The second kappa shape index (κ2) is 8.36. The van der Waals surface area contributed by atoms with Crippen molar-refractivity contribution < 1.29 is 9.59 Å². The minimum atomic E-state index is -0.177. The molecule has 0 aromatic heterocycles. The fraction of sp³-hybridized carbons (Fsp3) is 0.182. The summed E-state index contributed by atoms with van der Waals surface area (Å²) in [5.74, 6) is -0.334. The van der Waals surface area contributed by atoms with Gasteiger partial charge in [0.05, 0.1) is 6.54 Å². The van der Waals surface area contributed by atoms with Gasteiger partial charge in [0.1, 0.15) is 0 Å². The Morgan fingerprint density at radius 2 is 1.67 bits per heavy atom. The van der Waals surface area contributed by atoms with Crippen molar-refractivity contribution in [2.45, 2.75) is 19.9 Å². The van der Waals surface area contributed by atoms with E-state index in [2.05, 4.69) is 16.0 Å². The van der Waals surface area contributed by atoms with E-state index in [1.54, 1.807) is 24.3 Å². The van der Waals surface area contributed by atoms with Crippen LogP contribution in [0.1, 0.15) is 24.2 Å². The Balaban J connectivity index is 1.63. The first-order valence-electron chi connectivity index (χ1n) is 8.95. The number of carbonyl (C=O) groups is 2. The summed E-state index contributed by atoms with van der Waals surface area (Å²) in [7, 11) is 0. The van der Waals surface area contributed by atoms with Crippen LogP contribution in [-0.4, -0.2) is 24.4 Å². The Morgan fingerprint density at radius 3 is 2.48 bits per heavy atom. The molecule has 5 nitrogen and oxygen atoms in total. The maximum atomic E-state index is 12.3. The molecule has 0 spiro atoms. The van der Waals surface area contributed by atoms with Crippen molar-refractivity contribution >= 4 is 34.0 Å². The highest BCUT2D eigenvalue weighted by atomic mass is 16.2. The van der Waals surface area contributed by atoms with Crippen LogP contribution in [0.15, 0.2) is 66.7 Å². The first kappa shape index (κ1) is 18.5. The Kier molecular flexibility index (Phi) is 5.71. The minimum absolute atomic E-state index is 0.0562. The summed E-state index contributed by atoms with van der Waals surface area (Å²) in [5, 5.41) is 11.0. The van der Waals surface area contributed by atoms with Crippen LogP contribution in [0.25, 0.3) is 10.8 Å². The number of nitrogens with one attached hydrogen (secondary N) is 3. The molecule has 3 rings (SSSR count). The molecule has 0 unspecified atom stereocenters. The summed E-state index contributed by atoms with van der Waals surface area (Å²) in [6, 6.07) is 20.9. The number of hydrogen-bond acceptors (Lipinski definition) is 3. The SMILES string of the molecule is CC(C)NC(=O)c1cccc(NC(=O)CNc2cccc3ccccc23)c1. The highest BCUT2D eigenvalue weighted by Gasteiger charge is 2.09. The molecule has 0 radical (unpaired) electrons. The molecule has 138 valence electrons. The van der Waals surface area contributed by atoms with Gasteiger partial charge in [-0.05, 0) is 43.5 Å². The molecule has 0 fully saturated rings. The predicted octanol–water partition coefficient (Wildman–Crippen LogP) is 4.03. The Hall–Kier alpha value is -3.34. The van der Waals surface area contributed by atoms with Crippen LogP contribution in [0.2, 0.25) is 0 Å². The monoisotopic (exact) mass is 361 g/mol. The summed E-state index contributed by atoms with van der Waals surface area (Å²) in [4.78, 5) is 24.4. The lowest BCUT2D eigenvalue weighted by Gasteiger charge is -2.12. The highest BCUT2D eigenvalue weighted by molar-refractivity contribution is 5.99. The molecule has 0 aliphatic carbocycles. The van der Waals surface area contributed by atoms with Gasteiger partial charge in [-0.25, -0.2) is 0 Å². The molecule has 27 heavy (non-hydrogen) atoms. The van der Waals surface area contributed by atoms with Gasteiger partial charge in [-0.15, -0.1) is 0 Å². The van der Waals surface area contributed by atoms with E-state index in [1.165, 1.54) is 0 Å². The van der Waals surface area contributed by atoms with Crippen molar-refractivity contribution in [3.63, 3.8) is 0 Å². The van der Waals surface area contributed by atoms with Crippen molar-refractivity contribution in [2.24, 2.45) is 0 Å². The number of fused-ring (bicyclic) bond motifs is 1. The maximum absolute atomic E-state index is 12.3. The van der Waals surface area contributed by atoms with Gasteiger partial charge < -0.3 is 16.0 Å². The van der Waals surface area contributed by atoms with Gasteiger partial charge in [-0.2, -0.15) is 0 Å². The Labute approximate surface area is 158 Å².